The molecule has 1 aromatic rings. The van der Waals surface area contributed by atoms with Crippen molar-refractivity contribution in [1.29, 1.82) is 0 Å². The topological polar surface area (TPSA) is 47.0 Å². The van der Waals surface area contributed by atoms with Gasteiger partial charge >= 0.3 is 0 Å². The van der Waals surface area contributed by atoms with Crippen LogP contribution in [0.25, 0.3) is 0 Å². The number of ether oxygens (including phenoxy) is 1. The molecule has 0 fully saturated rings. The summed E-state index contributed by atoms with van der Waals surface area (Å²) in [6.07, 6.45) is 4.49. The third-order valence-corrected chi connectivity index (χ3v) is 2.80. The van der Waals surface area contributed by atoms with Crippen molar-refractivity contribution in [3.05, 3.63) is 17.1 Å². The maximum absolute atomic E-state index is 5.09. The molecule has 0 bridgehead atoms. The molecule has 0 aliphatic heterocycles. The van der Waals surface area contributed by atoms with Gasteiger partial charge in [0.1, 0.15) is 12.4 Å². The molecule has 0 saturated heterocycles. The van der Waals surface area contributed by atoms with Gasteiger partial charge in [-0.15, -0.1) is 0 Å². The van der Waals surface area contributed by atoms with Gasteiger partial charge in [0.15, 0.2) is 5.82 Å². The van der Waals surface area contributed by atoms with E-state index in [1.807, 2.05) is 0 Å². The molecular formula is C12H19N3O. The molecule has 1 aliphatic rings. The number of methoxy groups -OCH3 is 1. The van der Waals surface area contributed by atoms with E-state index in [0.717, 1.165) is 37.4 Å². The quantitative estimate of drug-likeness (QED) is 0.825. The summed E-state index contributed by atoms with van der Waals surface area (Å²) < 4.78 is 5.09. The van der Waals surface area contributed by atoms with Gasteiger partial charge in [-0.1, -0.05) is 6.92 Å². The van der Waals surface area contributed by atoms with E-state index in [9.17, 15) is 0 Å². The molecule has 1 aliphatic carbocycles. The SMILES string of the molecule is CCCNc1nc(COC)nc2c1CCC2. The Morgan fingerprint density at radius 1 is 1.31 bits per heavy atom. The Balaban J connectivity index is 2.25. The fourth-order valence-corrected chi connectivity index (χ4v) is 2.07. The van der Waals surface area contributed by atoms with E-state index in [1.165, 1.54) is 17.7 Å². The van der Waals surface area contributed by atoms with E-state index in [2.05, 4.69) is 22.2 Å². The van der Waals surface area contributed by atoms with Crippen LogP contribution in [0, 0.1) is 0 Å². The molecule has 0 aromatic carbocycles. The molecule has 88 valence electrons. The van der Waals surface area contributed by atoms with Crippen LogP contribution < -0.4 is 5.32 Å². The van der Waals surface area contributed by atoms with Crippen LogP contribution in [0.3, 0.4) is 0 Å². The number of hydrogen-bond donors (Lipinski definition) is 1. The van der Waals surface area contributed by atoms with Crippen molar-refractivity contribution < 1.29 is 4.74 Å². The maximum Gasteiger partial charge on any atom is 0.156 e. The molecule has 4 nitrogen and oxygen atoms in total. The predicted octanol–water partition coefficient (Wildman–Crippen LogP) is 1.93. The average Bonchev–Trinajstić information content (AvgIpc) is 2.74. The van der Waals surface area contributed by atoms with E-state index >= 15 is 0 Å². The van der Waals surface area contributed by atoms with Crippen molar-refractivity contribution >= 4 is 5.82 Å². The van der Waals surface area contributed by atoms with Gasteiger partial charge in [0.05, 0.1) is 0 Å². The second-order valence-electron chi connectivity index (χ2n) is 4.13. The molecule has 1 N–H and O–H groups in total. The van der Waals surface area contributed by atoms with Crippen molar-refractivity contribution in [2.45, 2.75) is 39.2 Å². The molecule has 0 spiro atoms. The van der Waals surface area contributed by atoms with E-state index < -0.39 is 0 Å². The zero-order chi connectivity index (χ0) is 11.4. The normalized spacial score (nSPS) is 13.9. The highest BCUT2D eigenvalue weighted by Crippen LogP contribution is 2.26. The summed E-state index contributed by atoms with van der Waals surface area (Å²) in [5, 5.41) is 3.39. The lowest BCUT2D eigenvalue weighted by atomic mass is 10.2. The number of fused-ring (bicyclic) bond motifs is 1. The standard InChI is InChI=1S/C12H19N3O/c1-3-7-13-12-9-5-4-6-10(9)14-11(15-12)8-16-2/h3-8H2,1-2H3,(H,13,14,15). The Labute approximate surface area is 96.4 Å². The molecule has 0 atom stereocenters. The summed E-state index contributed by atoms with van der Waals surface area (Å²) in [6.45, 7) is 3.62. The minimum absolute atomic E-state index is 0.494. The number of aromatic nitrogens is 2. The molecule has 16 heavy (non-hydrogen) atoms. The fraction of sp³-hybridized carbons (Fsp3) is 0.667. The zero-order valence-corrected chi connectivity index (χ0v) is 10.0. The van der Waals surface area contributed by atoms with Gasteiger partial charge in [-0.25, -0.2) is 9.97 Å². The van der Waals surface area contributed by atoms with Gasteiger partial charge < -0.3 is 10.1 Å². The molecule has 0 unspecified atom stereocenters. The summed E-state index contributed by atoms with van der Waals surface area (Å²) in [4.78, 5) is 9.06. The van der Waals surface area contributed by atoms with Crippen LogP contribution in [-0.4, -0.2) is 23.6 Å². The maximum atomic E-state index is 5.09. The van der Waals surface area contributed by atoms with Crippen LogP contribution in [0.1, 0.15) is 36.8 Å². The second kappa shape index (κ2) is 5.25. The number of hydrogen-bond acceptors (Lipinski definition) is 4. The molecule has 2 rings (SSSR count). The Morgan fingerprint density at radius 3 is 2.94 bits per heavy atom. The van der Waals surface area contributed by atoms with Crippen molar-refractivity contribution in [1.82, 2.24) is 9.97 Å². The van der Waals surface area contributed by atoms with Crippen molar-refractivity contribution in [3.63, 3.8) is 0 Å². The van der Waals surface area contributed by atoms with Crippen LogP contribution in [-0.2, 0) is 24.2 Å². The molecular weight excluding hydrogens is 202 g/mol. The minimum Gasteiger partial charge on any atom is -0.377 e. The molecule has 4 heteroatoms. The van der Waals surface area contributed by atoms with E-state index in [0.29, 0.717) is 6.61 Å². The van der Waals surface area contributed by atoms with Crippen molar-refractivity contribution in [3.8, 4) is 0 Å². The number of nitrogens with zero attached hydrogens (tertiary/aromatic N) is 2. The van der Waals surface area contributed by atoms with Crippen LogP contribution in [0.2, 0.25) is 0 Å². The van der Waals surface area contributed by atoms with Crippen LogP contribution >= 0.6 is 0 Å². The lowest BCUT2D eigenvalue weighted by molar-refractivity contribution is 0.177. The Hall–Kier alpha value is -1.16. The summed E-state index contributed by atoms with van der Waals surface area (Å²) in [5.41, 5.74) is 2.52. The highest BCUT2D eigenvalue weighted by atomic mass is 16.5. The van der Waals surface area contributed by atoms with Gasteiger partial charge in [-0.3, -0.25) is 0 Å². The Morgan fingerprint density at radius 2 is 2.19 bits per heavy atom. The third-order valence-electron chi connectivity index (χ3n) is 2.80. The van der Waals surface area contributed by atoms with E-state index in [-0.39, 0.29) is 0 Å². The molecule has 1 aromatic heterocycles. The molecule has 1 heterocycles. The van der Waals surface area contributed by atoms with E-state index in [1.54, 1.807) is 7.11 Å². The zero-order valence-electron chi connectivity index (χ0n) is 10.0. The van der Waals surface area contributed by atoms with Gasteiger partial charge in [0, 0.05) is 24.9 Å². The minimum atomic E-state index is 0.494. The smallest absolute Gasteiger partial charge is 0.156 e. The largest absolute Gasteiger partial charge is 0.377 e. The first-order valence-corrected chi connectivity index (χ1v) is 5.96. The van der Waals surface area contributed by atoms with Gasteiger partial charge in [0.25, 0.3) is 0 Å². The van der Waals surface area contributed by atoms with E-state index in [4.69, 9.17) is 4.74 Å². The fourth-order valence-electron chi connectivity index (χ4n) is 2.07. The number of anilines is 1. The number of aryl methyl sites for hydroxylation is 1. The Bertz CT molecular complexity index is 366. The third kappa shape index (κ3) is 2.32. The highest BCUT2D eigenvalue weighted by Gasteiger charge is 2.18. The van der Waals surface area contributed by atoms with Crippen molar-refractivity contribution in [2.75, 3.05) is 19.0 Å². The van der Waals surface area contributed by atoms with Crippen LogP contribution in [0.4, 0.5) is 5.82 Å². The first-order chi connectivity index (χ1) is 7.85. The monoisotopic (exact) mass is 221 g/mol. The summed E-state index contributed by atoms with van der Waals surface area (Å²) in [6, 6.07) is 0. The van der Waals surface area contributed by atoms with Gasteiger partial charge in [-0.2, -0.15) is 0 Å². The molecule has 0 amide bonds. The van der Waals surface area contributed by atoms with Crippen molar-refractivity contribution in [2.24, 2.45) is 0 Å². The summed E-state index contributed by atoms with van der Waals surface area (Å²) in [7, 11) is 1.68. The van der Waals surface area contributed by atoms with Crippen LogP contribution in [0.5, 0.6) is 0 Å². The highest BCUT2D eigenvalue weighted by molar-refractivity contribution is 5.48. The second-order valence-corrected chi connectivity index (χ2v) is 4.13. The number of nitrogens with one attached hydrogen (secondary N) is 1. The summed E-state index contributed by atoms with van der Waals surface area (Å²) in [5.74, 6) is 1.82. The Kier molecular flexibility index (Phi) is 3.72. The first kappa shape index (κ1) is 11.3. The average molecular weight is 221 g/mol. The lowest BCUT2D eigenvalue weighted by Crippen LogP contribution is -2.10. The first-order valence-electron chi connectivity index (χ1n) is 5.96. The number of rotatable bonds is 5. The lowest BCUT2D eigenvalue weighted by Gasteiger charge is -2.11. The van der Waals surface area contributed by atoms with Gasteiger partial charge in [0.2, 0.25) is 0 Å². The van der Waals surface area contributed by atoms with Gasteiger partial charge in [-0.05, 0) is 25.7 Å². The predicted molar refractivity (Wildman–Crippen MR) is 63.6 cm³/mol. The van der Waals surface area contributed by atoms with Crippen LogP contribution in [0.15, 0.2) is 0 Å². The summed E-state index contributed by atoms with van der Waals surface area (Å²) >= 11 is 0. The molecule has 0 saturated carbocycles. The molecule has 0 radical (unpaired) electrons.